The Morgan fingerprint density at radius 2 is 1.86 bits per heavy atom. The van der Waals surface area contributed by atoms with E-state index in [0.29, 0.717) is 6.61 Å². The molecular weight excluding hydrogens is 286 g/mol. The zero-order chi connectivity index (χ0) is 15.5. The fourth-order valence-electron chi connectivity index (χ4n) is 1.76. The number of amides is 1. The smallest absolute Gasteiger partial charge is 0.315 e. The highest BCUT2D eigenvalue weighted by molar-refractivity contribution is 8.00. The van der Waals surface area contributed by atoms with Gasteiger partial charge in [-0.1, -0.05) is 25.5 Å². The molecule has 0 unspecified atom stereocenters. The summed E-state index contributed by atoms with van der Waals surface area (Å²) in [6, 6.07) is 7.91. The topological polar surface area (TPSA) is 55.4 Å². The summed E-state index contributed by atoms with van der Waals surface area (Å²) in [4.78, 5) is 22.9. The standard InChI is InChI=1S/C16H23NO3S/c1-3-5-6-13-7-9-14(10-8-13)17-15(18)11-21-12-16(19)20-4-2/h7-10H,3-6,11-12H2,1-2H3,(H,17,18). The molecule has 4 nitrogen and oxygen atoms in total. The fraction of sp³-hybridized carbons (Fsp3) is 0.500. The number of nitrogens with one attached hydrogen (secondary N) is 1. The van der Waals surface area contributed by atoms with Crippen LogP contribution in [0.5, 0.6) is 0 Å². The third-order valence-corrected chi connectivity index (χ3v) is 3.72. The van der Waals surface area contributed by atoms with Crippen molar-refractivity contribution in [2.75, 3.05) is 23.4 Å². The number of hydrogen-bond donors (Lipinski definition) is 1. The lowest BCUT2D eigenvalue weighted by molar-refractivity contribution is -0.139. The molecule has 0 bridgehead atoms. The fourth-order valence-corrected chi connectivity index (χ4v) is 2.37. The van der Waals surface area contributed by atoms with E-state index >= 15 is 0 Å². The normalized spacial score (nSPS) is 10.2. The van der Waals surface area contributed by atoms with E-state index in [1.165, 1.54) is 30.2 Å². The number of esters is 1. The first kappa shape index (κ1) is 17.6. The van der Waals surface area contributed by atoms with E-state index in [-0.39, 0.29) is 23.4 Å². The number of rotatable bonds is 9. The SMILES string of the molecule is CCCCc1ccc(NC(=O)CSCC(=O)OCC)cc1. The first-order valence-electron chi connectivity index (χ1n) is 7.27. The summed E-state index contributed by atoms with van der Waals surface area (Å²) in [7, 11) is 0. The van der Waals surface area contributed by atoms with Gasteiger partial charge in [0.05, 0.1) is 18.1 Å². The summed E-state index contributed by atoms with van der Waals surface area (Å²) in [6.45, 7) is 4.30. The van der Waals surface area contributed by atoms with Crippen LogP contribution in [0, 0.1) is 0 Å². The molecule has 1 N–H and O–H groups in total. The van der Waals surface area contributed by atoms with Crippen LogP contribution < -0.4 is 5.32 Å². The molecule has 1 aromatic carbocycles. The molecule has 0 aliphatic carbocycles. The molecule has 0 heterocycles. The van der Waals surface area contributed by atoms with Gasteiger partial charge in [0.1, 0.15) is 0 Å². The van der Waals surface area contributed by atoms with Gasteiger partial charge in [0, 0.05) is 5.69 Å². The maximum atomic E-state index is 11.7. The Balaban J connectivity index is 2.29. The maximum absolute atomic E-state index is 11.7. The van der Waals surface area contributed by atoms with Crippen molar-refractivity contribution in [2.45, 2.75) is 33.1 Å². The van der Waals surface area contributed by atoms with Gasteiger partial charge >= 0.3 is 5.97 Å². The van der Waals surface area contributed by atoms with Gasteiger partial charge < -0.3 is 10.1 Å². The molecule has 0 fully saturated rings. The van der Waals surface area contributed by atoms with Crippen LogP contribution in [-0.4, -0.2) is 30.0 Å². The number of unbranched alkanes of at least 4 members (excludes halogenated alkanes) is 1. The van der Waals surface area contributed by atoms with Crippen LogP contribution in [-0.2, 0) is 20.7 Å². The van der Waals surface area contributed by atoms with Crippen molar-refractivity contribution >= 4 is 29.3 Å². The molecule has 0 saturated heterocycles. The monoisotopic (exact) mass is 309 g/mol. The number of carbonyl (C=O) groups excluding carboxylic acids is 2. The lowest BCUT2D eigenvalue weighted by atomic mass is 10.1. The molecule has 0 radical (unpaired) electrons. The van der Waals surface area contributed by atoms with Gasteiger partial charge in [0.25, 0.3) is 0 Å². The summed E-state index contributed by atoms with van der Waals surface area (Å²) in [5, 5.41) is 2.82. The van der Waals surface area contributed by atoms with Crippen LogP contribution in [0.15, 0.2) is 24.3 Å². The quantitative estimate of drug-likeness (QED) is 0.711. The average molecular weight is 309 g/mol. The van der Waals surface area contributed by atoms with Crippen molar-refractivity contribution in [3.63, 3.8) is 0 Å². The summed E-state index contributed by atoms with van der Waals surface area (Å²) in [5.41, 5.74) is 2.07. The van der Waals surface area contributed by atoms with Crippen molar-refractivity contribution in [1.29, 1.82) is 0 Å². The molecule has 1 amide bonds. The zero-order valence-electron chi connectivity index (χ0n) is 12.7. The third-order valence-electron chi connectivity index (χ3n) is 2.82. The minimum absolute atomic E-state index is 0.106. The van der Waals surface area contributed by atoms with Gasteiger partial charge in [0.15, 0.2) is 0 Å². The molecule has 5 heteroatoms. The first-order chi connectivity index (χ1) is 10.2. The molecule has 0 saturated carbocycles. The molecular formula is C16H23NO3S. The number of ether oxygens (including phenoxy) is 1. The second-order valence-electron chi connectivity index (χ2n) is 4.65. The van der Waals surface area contributed by atoms with E-state index in [2.05, 4.69) is 12.2 Å². The van der Waals surface area contributed by atoms with Gasteiger partial charge in [-0.2, -0.15) is 0 Å². The predicted octanol–water partition coefficient (Wildman–Crippen LogP) is 3.26. The van der Waals surface area contributed by atoms with E-state index in [1.54, 1.807) is 6.92 Å². The zero-order valence-corrected chi connectivity index (χ0v) is 13.5. The molecule has 21 heavy (non-hydrogen) atoms. The van der Waals surface area contributed by atoms with Crippen molar-refractivity contribution in [3.05, 3.63) is 29.8 Å². The second kappa shape index (κ2) is 10.3. The Bertz CT molecular complexity index is 445. The predicted molar refractivity (Wildman–Crippen MR) is 87.6 cm³/mol. The van der Waals surface area contributed by atoms with Gasteiger partial charge in [-0.15, -0.1) is 11.8 Å². The molecule has 116 valence electrons. The Morgan fingerprint density at radius 1 is 1.14 bits per heavy atom. The lowest BCUT2D eigenvalue weighted by Gasteiger charge is -2.06. The number of anilines is 1. The Kier molecular flexibility index (Phi) is 8.59. The third kappa shape index (κ3) is 7.75. The Hall–Kier alpha value is -1.49. The largest absolute Gasteiger partial charge is 0.465 e. The molecule has 0 atom stereocenters. The average Bonchev–Trinajstić information content (AvgIpc) is 2.47. The molecule has 0 aromatic heterocycles. The van der Waals surface area contributed by atoms with Crippen LogP contribution in [0.4, 0.5) is 5.69 Å². The molecule has 0 spiro atoms. The first-order valence-corrected chi connectivity index (χ1v) is 8.43. The van der Waals surface area contributed by atoms with Gasteiger partial charge in [-0.05, 0) is 37.5 Å². The van der Waals surface area contributed by atoms with E-state index in [9.17, 15) is 9.59 Å². The summed E-state index contributed by atoms with van der Waals surface area (Å²) < 4.78 is 4.80. The summed E-state index contributed by atoms with van der Waals surface area (Å²) in [5.74, 6) is 0.0642. The molecule has 1 aromatic rings. The summed E-state index contributed by atoms with van der Waals surface area (Å²) in [6.07, 6.45) is 3.42. The number of benzene rings is 1. The van der Waals surface area contributed by atoms with E-state index in [1.807, 2.05) is 24.3 Å². The number of carbonyl (C=O) groups is 2. The number of aryl methyl sites for hydroxylation is 1. The maximum Gasteiger partial charge on any atom is 0.315 e. The van der Waals surface area contributed by atoms with Crippen LogP contribution in [0.25, 0.3) is 0 Å². The lowest BCUT2D eigenvalue weighted by Crippen LogP contribution is -2.16. The number of thioether (sulfide) groups is 1. The minimum Gasteiger partial charge on any atom is -0.465 e. The van der Waals surface area contributed by atoms with Crippen molar-refractivity contribution in [3.8, 4) is 0 Å². The molecule has 0 aliphatic rings. The Morgan fingerprint density at radius 3 is 2.48 bits per heavy atom. The van der Waals surface area contributed by atoms with Crippen LogP contribution in [0.2, 0.25) is 0 Å². The van der Waals surface area contributed by atoms with Crippen molar-refractivity contribution in [1.82, 2.24) is 0 Å². The number of hydrogen-bond acceptors (Lipinski definition) is 4. The molecule has 0 aliphatic heterocycles. The van der Waals surface area contributed by atoms with E-state index < -0.39 is 0 Å². The van der Waals surface area contributed by atoms with E-state index in [0.717, 1.165) is 12.1 Å². The Labute approximate surface area is 130 Å². The second-order valence-corrected chi connectivity index (χ2v) is 5.63. The van der Waals surface area contributed by atoms with Crippen molar-refractivity contribution in [2.24, 2.45) is 0 Å². The highest BCUT2D eigenvalue weighted by Crippen LogP contribution is 2.12. The van der Waals surface area contributed by atoms with Gasteiger partial charge in [-0.3, -0.25) is 9.59 Å². The summed E-state index contributed by atoms with van der Waals surface area (Å²) >= 11 is 1.26. The van der Waals surface area contributed by atoms with Crippen LogP contribution in [0.1, 0.15) is 32.3 Å². The minimum atomic E-state index is -0.282. The van der Waals surface area contributed by atoms with Gasteiger partial charge in [0.2, 0.25) is 5.91 Å². The van der Waals surface area contributed by atoms with Crippen LogP contribution in [0.3, 0.4) is 0 Å². The van der Waals surface area contributed by atoms with Crippen molar-refractivity contribution < 1.29 is 14.3 Å². The van der Waals surface area contributed by atoms with Crippen LogP contribution >= 0.6 is 11.8 Å². The van der Waals surface area contributed by atoms with Gasteiger partial charge in [-0.25, -0.2) is 0 Å². The highest BCUT2D eigenvalue weighted by atomic mass is 32.2. The molecule has 1 rings (SSSR count). The highest BCUT2D eigenvalue weighted by Gasteiger charge is 2.06. The van der Waals surface area contributed by atoms with E-state index in [4.69, 9.17) is 4.74 Å².